The molecule has 0 saturated carbocycles. The molecule has 1 aromatic heterocycles. The standard InChI is InChI=1S/C13H12Cl2N4S/c1-2-19-12(10-5-4-9(14)8-11(10)15)17-18-13(19)20-7-3-6-16/h4-5,8H,2-3,7H2,1H3. The van der Waals surface area contributed by atoms with Gasteiger partial charge in [-0.2, -0.15) is 5.26 Å². The van der Waals surface area contributed by atoms with Crippen LogP contribution in [0.4, 0.5) is 0 Å². The van der Waals surface area contributed by atoms with Crippen LogP contribution in [0.1, 0.15) is 13.3 Å². The van der Waals surface area contributed by atoms with Gasteiger partial charge in [0.15, 0.2) is 11.0 Å². The molecule has 0 N–H and O–H groups in total. The summed E-state index contributed by atoms with van der Waals surface area (Å²) in [7, 11) is 0. The van der Waals surface area contributed by atoms with Crippen molar-refractivity contribution in [3.05, 3.63) is 28.2 Å². The Hall–Kier alpha value is -1.22. The Kier molecular flexibility index (Phi) is 5.30. The highest BCUT2D eigenvalue weighted by Gasteiger charge is 2.15. The predicted octanol–water partition coefficient (Wildman–Crippen LogP) is 4.28. The molecule has 2 aromatic rings. The molecule has 0 aliphatic carbocycles. The van der Waals surface area contributed by atoms with E-state index in [4.69, 9.17) is 28.5 Å². The first-order chi connectivity index (χ1) is 9.67. The van der Waals surface area contributed by atoms with Crippen LogP contribution < -0.4 is 0 Å². The van der Waals surface area contributed by atoms with Gasteiger partial charge < -0.3 is 4.57 Å². The monoisotopic (exact) mass is 326 g/mol. The van der Waals surface area contributed by atoms with Crippen molar-refractivity contribution in [3.63, 3.8) is 0 Å². The summed E-state index contributed by atoms with van der Waals surface area (Å²) in [6.07, 6.45) is 0.484. The lowest BCUT2D eigenvalue weighted by atomic mass is 10.2. The van der Waals surface area contributed by atoms with Gasteiger partial charge in [0, 0.05) is 29.3 Å². The van der Waals surface area contributed by atoms with Gasteiger partial charge in [-0.1, -0.05) is 35.0 Å². The highest BCUT2D eigenvalue weighted by molar-refractivity contribution is 7.99. The van der Waals surface area contributed by atoms with Crippen LogP contribution in [0.25, 0.3) is 11.4 Å². The highest BCUT2D eigenvalue weighted by atomic mass is 35.5. The Morgan fingerprint density at radius 3 is 2.80 bits per heavy atom. The Balaban J connectivity index is 2.35. The fourth-order valence-electron chi connectivity index (χ4n) is 1.74. The maximum absolute atomic E-state index is 8.58. The molecule has 20 heavy (non-hydrogen) atoms. The Morgan fingerprint density at radius 2 is 2.15 bits per heavy atom. The predicted molar refractivity (Wildman–Crippen MR) is 82.1 cm³/mol. The Bertz CT molecular complexity index is 648. The van der Waals surface area contributed by atoms with Gasteiger partial charge in [-0.25, -0.2) is 0 Å². The zero-order valence-electron chi connectivity index (χ0n) is 10.8. The van der Waals surface area contributed by atoms with Crippen LogP contribution in [0.5, 0.6) is 0 Å². The second-order valence-corrected chi connectivity index (χ2v) is 5.84. The fraction of sp³-hybridized carbons (Fsp3) is 0.308. The number of aromatic nitrogens is 3. The lowest BCUT2D eigenvalue weighted by molar-refractivity contribution is 0.687. The number of hydrogen-bond donors (Lipinski definition) is 0. The molecule has 0 bridgehead atoms. The van der Waals surface area contributed by atoms with Crippen molar-refractivity contribution in [2.45, 2.75) is 25.0 Å². The minimum atomic E-state index is 0.484. The molecule has 104 valence electrons. The van der Waals surface area contributed by atoms with Crippen molar-refractivity contribution in [2.75, 3.05) is 5.75 Å². The number of thioether (sulfide) groups is 1. The normalized spacial score (nSPS) is 10.5. The molecular weight excluding hydrogens is 315 g/mol. The van der Waals surface area contributed by atoms with E-state index in [9.17, 15) is 0 Å². The first kappa shape index (κ1) is 15.2. The van der Waals surface area contributed by atoms with E-state index in [2.05, 4.69) is 16.3 Å². The summed E-state index contributed by atoms with van der Waals surface area (Å²) in [6, 6.07) is 7.42. The number of nitrogens with zero attached hydrogens (tertiary/aromatic N) is 4. The van der Waals surface area contributed by atoms with Crippen molar-refractivity contribution >= 4 is 35.0 Å². The van der Waals surface area contributed by atoms with E-state index in [0.29, 0.717) is 28.0 Å². The molecule has 2 rings (SSSR count). The van der Waals surface area contributed by atoms with Crippen molar-refractivity contribution < 1.29 is 0 Å². The summed E-state index contributed by atoms with van der Waals surface area (Å²) >= 11 is 13.6. The smallest absolute Gasteiger partial charge is 0.191 e. The van der Waals surface area contributed by atoms with Crippen LogP contribution in [0.15, 0.2) is 23.4 Å². The van der Waals surface area contributed by atoms with E-state index < -0.39 is 0 Å². The van der Waals surface area contributed by atoms with Crippen molar-refractivity contribution in [1.82, 2.24) is 14.8 Å². The molecule has 4 nitrogen and oxygen atoms in total. The topological polar surface area (TPSA) is 54.5 Å². The van der Waals surface area contributed by atoms with Gasteiger partial charge in [-0.15, -0.1) is 10.2 Å². The lowest BCUT2D eigenvalue weighted by Crippen LogP contribution is -2.00. The molecule has 0 radical (unpaired) electrons. The fourth-order valence-corrected chi connectivity index (χ4v) is 3.08. The molecule has 0 atom stereocenters. The second-order valence-electron chi connectivity index (χ2n) is 3.93. The van der Waals surface area contributed by atoms with Crippen LogP contribution in [0.2, 0.25) is 10.0 Å². The summed E-state index contributed by atoms with van der Waals surface area (Å²) in [4.78, 5) is 0. The Labute approximate surface area is 131 Å². The molecule has 0 aliphatic heterocycles. The SMILES string of the molecule is CCn1c(SCCC#N)nnc1-c1ccc(Cl)cc1Cl. The molecular formula is C13H12Cl2N4S. The van der Waals surface area contributed by atoms with Gasteiger partial charge in [0.05, 0.1) is 11.1 Å². The second kappa shape index (κ2) is 6.98. The molecule has 0 saturated heterocycles. The van der Waals surface area contributed by atoms with E-state index >= 15 is 0 Å². The van der Waals surface area contributed by atoms with E-state index in [1.165, 1.54) is 11.8 Å². The summed E-state index contributed by atoms with van der Waals surface area (Å²) in [5, 5.41) is 18.9. The van der Waals surface area contributed by atoms with Crippen molar-refractivity contribution in [1.29, 1.82) is 5.26 Å². The molecule has 0 fully saturated rings. The average Bonchev–Trinajstić information content (AvgIpc) is 2.82. The lowest BCUT2D eigenvalue weighted by Gasteiger charge is -2.08. The van der Waals surface area contributed by atoms with Crippen LogP contribution in [0.3, 0.4) is 0 Å². The summed E-state index contributed by atoms with van der Waals surface area (Å²) in [5.74, 6) is 1.41. The average molecular weight is 327 g/mol. The number of nitriles is 1. The molecule has 0 amide bonds. The third-order valence-corrected chi connectivity index (χ3v) is 4.17. The van der Waals surface area contributed by atoms with Crippen molar-refractivity contribution in [3.8, 4) is 17.5 Å². The summed E-state index contributed by atoms with van der Waals surface area (Å²) in [5.41, 5.74) is 0.803. The third kappa shape index (κ3) is 3.26. The van der Waals surface area contributed by atoms with E-state index in [1.54, 1.807) is 12.1 Å². The van der Waals surface area contributed by atoms with Gasteiger partial charge in [0.2, 0.25) is 0 Å². The highest BCUT2D eigenvalue weighted by Crippen LogP contribution is 2.31. The van der Waals surface area contributed by atoms with Gasteiger partial charge in [-0.3, -0.25) is 0 Å². The minimum Gasteiger partial charge on any atom is -0.302 e. The summed E-state index contributed by atoms with van der Waals surface area (Å²) < 4.78 is 1.98. The number of hydrogen-bond acceptors (Lipinski definition) is 4. The van der Waals surface area contributed by atoms with Gasteiger partial charge >= 0.3 is 0 Å². The largest absolute Gasteiger partial charge is 0.302 e. The molecule has 0 unspecified atom stereocenters. The third-order valence-electron chi connectivity index (χ3n) is 2.65. The molecule has 0 aliphatic rings. The van der Waals surface area contributed by atoms with Crippen LogP contribution in [0, 0.1) is 11.3 Å². The molecule has 7 heteroatoms. The van der Waals surface area contributed by atoms with Crippen LogP contribution in [-0.4, -0.2) is 20.5 Å². The van der Waals surface area contributed by atoms with Crippen LogP contribution in [-0.2, 0) is 6.54 Å². The zero-order chi connectivity index (χ0) is 14.5. The van der Waals surface area contributed by atoms with Crippen LogP contribution >= 0.6 is 35.0 Å². The first-order valence-electron chi connectivity index (χ1n) is 6.05. The quantitative estimate of drug-likeness (QED) is 0.608. The molecule has 0 spiro atoms. The Morgan fingerprint density at radius 1 is 1.35 bits per heavy atom. The van der Waals surface area contributed by atoms with Gasteiger partial charge in [0.25, 0.3) is 0 Å². The van der Waals surface area contributed by atoms with E-state index in [0.717, 1.165) is 17.3 Å². The summed E-state index contributed by atoms with van der Waals surface area (Å²) in [6.45, 7) is 2.75. The van der Waals surface area contributed by atoms with E-state index in [1.807, 2.05) is 17.6 Å². The number of halogens is 2. The molecule has 1 aromatic carbocycles. The van der Waals surface area contributed by atoms with Crippen molar-refractivity contribution in [2.24, 2.45) is 0 Å². The first-order valence-corrected chi connectivity index (χ1v) is 7.80. The minimum absolute atomic E-state index is 0.484. The van der Waals surface area contributed by atoms with Gasteiger partial charge in [-0.05, 0) is 25.1 Å². The van der Waals surface area contributed by atoms with E-state index in [-0.39, 0.29) is 0 Å². The number of benzene rings is 1. The number of rotatable bonds is 5. The zero-order valence-corrected chi connectivity index (χ0v) is 13.1. The molecule has 1 heterocycles. The maximum atomic E-state index is 8.58. The van der Waals surface area contributed by atoms with Gasteiger partial charge in [0.1, 0.15) is 0 Å². The maximum Gasteiger partial charge on any atom is 0.191 e.